The number of carboxylic acids is 1. The molecule has 7 nitrogen and oxygen atoms in total. The summed E-state index contributed by atoms with van der Waals surface area (Å²) in [5, 5.41) is 27.7. The maximum absolute atomic E-state index is 10.5. The van der Waals surface area contributed by atoms with Gasteiger partial charge in [0.25, 0.3) is 5.97 Å². The van der Waals surface area contributed by atoms with Crippen LogP contribution in [-0.4, -0.2) is 31.4 Å². The van der Waals surface area contributed by atoms with Crippen molar-refractivity contribution in [2.45, 2.75) is 13.2 Å². The highest BCUT2D eigenvalue weighted by molar-refractivity contribution is 6.35. The number of rotatable bonds is 1. The van der Waals surface area contributed by atoms with E-state index in [2.05, 4.69) is 16.0 Å². The van der Waals surface area contributed by atoms with Crippen molar-refractivity contribution < 1.29 is 15.0 Å². The third kappa shape index (κ3) is 3.78. The molecule has 140 valence electrons. The smallest absolute Gasteiger partial charge is 0.300 e. The lowest BCUT2D eigenvalue weighted by Crippen LogP contribution is -2.08. The van der Waals surface area contributed by atoms with Gasteiger partial charge < -0.3 is 10.2 Å². The van der Waals surface area contributed by atoms with E-state index in [-0.39, 0.29) is 0 Å². The maximum Gasteiger partial charge on any atom is 0.300 e. The monoisotopic (exact) mass is 394 g/mol. The average Bonchev–Trinajstić information content (AvgIpc) is 3.12. The molecular weight excluding hydrogens is 380 g/mol. The second kappa shape index (κ2) is 8.05. The molecule has 0 radical (unpaired) electrons. The van der Waals surface area contributed by atoms with Crippen LogP contribution in [0.25, 0.3) is 5.69 Å². The fourth-order valence-corrected chi connectivity index (χ4v) is 3.06. The molecule has 0 saturated carbocycles. The van der Waals surface area contributed by atoms with Gasteiger partial charge in [0, 0.05) is 35.5 Å². The molecule has 0 bridgehead atoms. The number of aliphatic hydroxyl groups excluding tert-OH is 1. The van der Waals surface area contributed by atoms with E-state index < -0.39 is 12.2 Å². The summed E-state index contributed by atoms with van der Waals surface area (Å²) in [6, 6.07) is 14.7. The first-order valence-corrected chi connectivity index (χ1v) is 8.58. The molecule has 1 aromatic heterocycles. The molecule has 0 aliphatic carbocycles. The lowest BCUT2D eigenvalue weighted by molar-refractivity contribution is -0.134. The summed E-state index contributed by atoms with van der Waals surface area (Å²) in [7, 11) is 0. The predicted octanol–water partition coefficient (Wildman–Crippen LogP) is 3.33. The Hall–Kier alpha value is -3.47. The summed E-state index contributed by atoms with van der Waals surface area (Å²) >= 11 is 6.33. The molecule has 28 heavy (non-hydrogen) atoms. The molecule has 2 heterocycles. The van der Waals surface area contributed by atoms with Crippen LogP contribution in [0.3, 0.4) is 0 Å². The number of aromatic nitrogens is 2. The van der Waals surface area contributed by atoms with Crippen LogP contribution < -0.4 is 0 Å². The number of aliphatic carboxylic acids is 1. The number of carbonyl (C=O) groups is 1. The SMILES string of the molecule is CC(=O)O.N#Cc1ccc2c(c1)C(c1ccccc1Cl)=NC(O)c1nccn1-2. The van der Waals surface area contributed by atoms with Gasteiger partial charge in [-0.1, -0.05) is 29.8 Å². The number of hydrogen-bond acceptors (Lipinski definition) is 5. The van der Waals surface area contributed by atoms with E-state index >= 15 is 0 Å². The van der Waals surface area contributed by atoms with Crippen LogP contribution in [0, 0.1) is 11.3 Å². The molecule has 3 aromatic rings. The molecule has 2 N–H and O–H groups in total. The maximum atomic E-state index is 10.5. The summed E-state index contributed by atoms with van der Waals surface area (Å²) in [4.78, 5) is 17.6. The third-order valence-corrected chi connectivity index (χ3v) is 4.25. The van der Waals surface area contributed by atoms with Gasteiger partial charge in [-0.05, 0) is 24.3 Å². The third-order valence-electron chi connectivity index (χ3n) is 3.92. The summed E-state index contributed by atoms with van der Waals surface area (Å²) in [6.45, 7) is 1.08. The molecule has 4 rings (SSSR count). The topological polar surface area (TPSA) is 112 Å². The zero-order chi connectivity index (χ0) is 20.3. The number of aliphatic imine (C=N–C) groups is 1. The van der Waals surface area contributed by atoms with Crippen molar-refractivity contribution in [2.75, 3.05) is 0 Å². The minimum absolute atomic E-state index is 0.419. The van der Waals surface area contributed by atoms with E-state index in [0.29, 0.717) is 27.7 Å². The highest BCUT2D eigenvalue weighted by Gasteiger charge is 2.25. The molecule has 2 aromatic carbocycles. The van der Waals surface area contributed by atoms with Crippen molar-refractivity contribution in [1.82, 2.24) is 9.55 Å². The molecule has 1 atom stereocenters. The van der Waals surface area contributed by atoms with E-state index in [1.54, 1.807) is 35.2 Å². The minimum Gasteiger partial charge on any atom is -0.481 e. The number of nitrogens with zero attached hydrogens (tertiary/aromatic N) is 4. The van der Waals surface area contributed by atoms with Crippen molar-refractivity contribution in [3.63, 3.8) is 0 Å². The second-order valence-corrected chi connectivity index (χ2v) is 6.26. The number of aliphatic hydroxyl groups is 1. The predicted molar refractivity (Wildman–Crippen MR) is 104 cm³/mol. The Morgan fingerprint density at radius 2 is 1.96 bits per heavy atom. The fraction of sp³-hybridized carbons (Fsp3) is 0.100. The van der Waals surface area contributed by atoms with E-state index in [9.17, 15) is 10.4 Å². The molecular formula is C20H15ClN4O3. The summed E-state index contributed by atoms with van der Waals surface area (Å²) in [5.74, 6) is -0.414. The Morgan fingerprint density at radius 1 is 1.25 bits per heavy atom. The molecule has 1 aliphatic rings. The van der Waals surface area contributed by atoms with Gasteiger partial charge in [-0.15, -0.1) is 0 Å². The summed E-state index contributed by atoms with van der Waals surface area (Å²) in [6.07, 6.45) is 2.25. The van der Waals surface area contributed by atoms with Crippen molar-refractivity contribution in [1.29, 1.82) is 5.26 Å². The van der Waals surface area contributed by atoms with Gasteiger partial charge in [-0.3, -0.25) is 9.36 Å². The summed E-state index contributed by atoms with van der Waals surface area (Å²) in [5.41, 5.74) is 3.24. The van der Waals surface area contributed by atoms with E-state index in [1.807, 2.05) is 24.3 Å². The van der Waals surface area contributed by atoms with Crippen molar-refractivity contribution in [2.24, 2.45) is 4.99 Å². The second-order valence-electron chi connectivity index (χ2n) is 5.85. The first-order chi connectivity index (χ1) is 13.4. The molecule has 1 aliphatic heterocycles. The fourth-order valence-electron chi connectivity index (χ4n) is 2.83. The zero-order valence-electron chi connectivity index (χ0n) is 14.7. The normalized spacial score (nSPS) is 14.4. The Balaban J connectivity index is 0.000000516. The lowest BCUT2D eigenvalue weighted by Gasteiger charge is -2.12. The quantitative estimate of drug-likeness (QED) is 0.657. The highest BCUT2D eigenvalue weighted by Crippen LogP contribution is 2.31. The largest absolute Gasteiger partial charge is 0.481 e. The first-order valence-electron chi connectivity index (χ1n) is 8.20. The average molecular weight is 395 g/mol. The lowest BCUT2D eigenvalue weighted by atomic mass is 9.98. The number of benzene rings is 2. The number of halogens is 1. The zero-order valence-corrected chi connectivity index (χ0v) is 15.5. The molecule has 0 spiro atoms. The van der Waals surface area contributed by atoms with Gasteiger partial charge in [0.1, 0.15) is 0 Å². The molecule has 1 unspecified atom stereocenters. The van der Waals surface area contributed by atoms with Gasteiger partial charge in [-0.25, -0.2) is 9.98 Å². The standard InChI is InChI=1S/C18H11ClN4O.C2H4O2/c19-14-4-2-1-3-12(14)16-13-9-11(10-20)5-6-15(13)23-8-7-21-17(23)18(24)22-16;1-2(3)4/h1-9,18,24H;1H3,(H,3,4). The summed E-state index contributed by atoms with van der Waals surface area (Å²) < 4.78 is 1.77. The van der Waals surface area contributed by atoms with Crippen LogP contribution in [0.1, 0.15) is 35.7 Å². The molecule has 8 heteroatoms. The Bertz CT molecular complexity index is 1110. The Labute approximate surface area is 165 Å². The number of fused-ring (bicyclic) bond motifs is 3. The van der Waals surface area contributed by atoms with Crippen LogP contribution in [0.2, 0.25) is 5.02 Å². The van der Waals surface area contributed by atoms with E-state index in [0.717, 1.165) is 18.2 Å². The van der Waals surface area contributed by atoms with Crippen LogP contribution in [-0.2, 0) is 4.79 Å². The Kier molecular flexibility index (Phi) is 5.54. The number of hydrogen-bond donors (Lipinski definition) is 2. The van der Waals surface area contributed by atoms with Gasteiger partial charge in [0.15, 0.2) is 5.82 Å². The minimum atomic E-state index is -1.12. The van der Waals surface area contributed by atoms with Crippen molar-refractivity contribution in [3.05, 3.63) is 82.4 Å². The van der Waals surface area contributed by atoms with Gasteiger partial charge in [0.2, 0.25) is 6.23 Å². The van der Waals surface area contributed by atoms with Gasteiger partial charge in [-0.2, -0.15) is 5.26 Å². The van der Waals surface area contributed by atoms with Gasteiger partial charge in [0.05, 0.1) is 23.0 Å². The Morgan fingerprint density at radius 3 is 2.64 bits per heavy atom. The van der Waals surface area contributed by atoms with E-state index in [4.69, 9.17) is 21.5 Å². The van der Waals surface area contributed by atoms with Crippen LogP contribution in [0.15, 0.2) is 59.9 Å². The van der Waals surface area contributed by atoms with Crippen LogP contribution in [0.4, 0.5) is 0 Å². The first kappa shape index (κ1) is 19.3. The number of carboxylic acid groups (broad SMARTS) is 1. The van der Waals surface area contributed by atoms with E-state index in [1.165, 1.54) is 0 Å². The van der Waals surface area contributed by atoms with Crippen LogP contribution in [0.5, 0.6) is 0 Å². The molecule has 0 fully saturated rings. The molecule has 0 amide bonds. The number of imidazole rings is 1. The van der Waals surface area contributed by atoms with Crippen molar-refractivity contribution in [3.8, 4) is 11.8 Å². The van der Waals surface area contributed by atoms with Crippen LogP contribution >= 0.6 is 11.6 Å². The highest BCUT2D eigenvalue weighted by atomic mass is 35.5. The van der Waals surface area contributed by atoms with Crippen molar-refractivity contribution >= 4 is 23.3 Å². The van der Waals surface area contributed by atoms with Gasteiger partial charge >= 0.3 is 0 Å². The molecule has 0 saturated heterocycles. The number of nitriles is 1.